The molecule has 0 aliphatic heterocycles. The molecule has 24 heavy (non-hydrogen) atoms. The van der Waals surface area contributed by atoms with Crippen LogP contribution in [0.15, 0.2) is 41.8 Å². The number of carbonyl (C=O) groups excluding carboxylic acids is 2. The van der Waals surface area contributed by atoms with E-state index in [9.17, 15) is 9.59 Å². The second kappa shape index (κ2) is 8.93. The van der Waals surface area contributed by atoms with E-state index in [0.29, 0.717) is 11.5 Å². The SMILES string of the molecule is COc1ccc(OCC(=O)OCC(=O)N[C@@H](C)c2cccs2)cc1. The summed E-state index contributed by atoms with van der Waals surface area (Å²) in [5.41, 5.74) is 0. The van der Waals surface area contributed by atoms with Crippen LogP contribution in [0.1, 0.15) is 17.8 Å². The summed E-state index contributed by atoms with van der Waals surface area (Å²) in [5, 5.41) is 4.70. The Morgan fingerprint density at radius 2 is 1.83 bits per heavy atom. The maximum Gasteiger partial charge on any atom is 0.344 e. The quantitative estimate of drug-likeness (QED) is 0.742. The first-order valence-corrected chi connectivity index (χ1v) is 8.21. The van der Waals surface area contributed by atoms with Gasteiger partial charge in [0, 0.05) is 4.88 Å². The molecule has 0 saturated carbocycles. The third-order valence-electron chi connectivity index (χ3n) is 3.13. The average Bonchev–Trinajstić information content (AvgIpc) is 3.13. The molecule has 1 aromatic carbocycles. The predicted molar refractivity (Wildman–Crippen MR) is 90.3 cm³/mol. The lowest BCUT2D eigenvalue weighted by Crippen LogP contribution is -2.31. The number of benzene rings is 1. The van der Waals surface area contributed by atoms with Gasteiger partial charge in [0.1, 0.15) is 11.5 Å². The van der Waals surface area contributed by atoms with E-state index in [0.717, 1.165) is 4.88 Å². The van der Waals surface area contributed by atoms with Gasteiger partial charge in [-0.15, -0.1) is 11.3 Å². The molecule has 1 atom stereocenters. The van der Waals surface area contributed by atoms with Crippen molar-refractivity contribution in [3.8, 4) is 11.5 Å². The number of carbonyl (C=O) groups is 2. The van der Waals surface area contributed by atoms with Crippen LogP contribution in [0, 0.1) is 0 Å². The first-order valence-electron chi connectivity index (χ1n) is 7.33. The number of hydrogen-bond acceptors (Lipinski definition) is 6. The zero-order chi connectivity index (χ0) is 17.4. The third kappa shape index (κ3) is 5.58. The lowest BCUT2D eigenvalue weighted by Gasteiger charge is -2.12. The van der Waals surface area contributed by atoms with E-state index in [2.05, 4.69) is 5.32 Å². The van der Waals surface area contributed by atoms with Crippen LogP contribution >= 0.6 is 11.3 Å². The van der Waals surface area contributed by atoms with Crippen LogP contribution in [-0.4, -0.2) is 32.2 Å². The molecule has 1 N–H and O–H groups in total. The van der Waals surface area contributed by atoms with Gasteiger partial charge < -0.3 is 19.5 Å². The molecule has 1 heterocycles. The normalized spacial score (nSPS) is 11.4. The topological polar surface area (TPSA) is 73.9 Å². The Morgan fingerprint density at radius 3 is 2.46 bits per heavy atom. The minimum atomic E-state index is -0.607. The van der Waals surface area contributed by atoms with E-state index in [1.807, 2.05) is 24.4 Å². The molecule has 2 rings (SSSR count). The number of rotatable bonds is 8. The Labute approximate surface area is 144 Å². The molecule has 2 aromatic rings. The van der Waals surface area contributed by atoms with Gasteiger partial charge in [0.15, 0.2) is 13.2 Å². The highest BCUT2D eigenvalue weighted by molar-refractivity contribution is 7.10. The summed E-state index contributed by atoms with van der Waals surface area (Å²) in [7, 11) is 1.57. The van der Waals surface area contributed by atoms with Crippen molar-refractivity contribution in [2.75, 3.05) is 20.3 Å². The van der Waals surface area contributed by atoms with E-state index in [1.54, 1.807) is 42.7 Å². The Bertz CT molecular complexity index is 654. The van der Waals surface area contributed by atoms with Crippen molar-refractivity contribution in [2.24, 2.45) is 0 Å². The van der Waals surface area contributed by atoms with Gasteiger partial charge in [0.2, 0.25) is 0 Å². The van der Waals surface area contributed by atoms with Crippen molar-refractivity contribution in [1.29, 1.82) is 0 Å². The van der Waals surface area contributed by atoms with Crippen molar-refractivity contribution >= 4 is 23.2 Å². The van der Waals surface area contributed by atoms with Crippen molar-refractivity contribution in [3.05, 3.63) is 46.7 Å². The van der Waals surface area contributed by atoms with Crippen molar-refractivity contribution in [3.63, 3.8) is 0 Å². The summed E-state index contributed by atoms with van der Waals surface area (Å²) in [5.74, 6) is 0.253. The van der Waals surface area contributed by atoms with Crippen molar-refractivity contribution in [1.82, 2.24) is 5.32 Å². The lowest BCUT2D eigenvalue weighted by atomic mass is 10.3. The first kappa shape index (κ1) is 17.8. The predicted octanol–water partition coefficient (Wildman–Crippen LogP) is 2.56. The smallest absolute Gasteiger partial charge is 0.344 e. The maximum absolute atomic E-state index is 11.8. The molecule has 128 valence electrons. The molecule has 0 aliphatic rings. The van der Waals surface area contributed by atoms with E-state index >= 15 is 0 Å². The number of amides is 1. The highest BCUT2D eigenvalue weighted by atomic mass is 32.1. The molecule has 1 amide bonds. The number of esters is 1. The molecule has 0 aliphatic carbocycles. The van der Waals surface area contributed by atoms with Crippen LogP contribution in [0.25, 0.3) is 0 Å². The summed E-state index contributed by atoms with van der Waals surface area (Å²) in [6.45, 7) is 1.28. The van der Waals surface area contributed by atoms with Crippen LogP contribution in [0.3, 0.4) is 0 Å². The summed E-state index contributed by atoms with van der Waals surface area (Å²) < 4.78 is 15.2. The van der Waals surface area contributed by atoms with Gasteiger partial charge in [-0.25, -0.2) is 4.79 Å². The molecular formula is C17H19NO5S. The van der Waals surface area contributed by atoms with E-state index in [-0.39, 0.29) is 25.2 Å². The summed E-state index contributed by atoms with van der Waals surface area (Å²) in [4.78, 5) is 24.4. The molecule has 0 saturated heterocycles. The molecule has 6 nitrogen and oxygen atoms in total. The van der Waals surface area contributed by atoms with E-state index < -0.39 is 5.97 Å². The molecule has 0 unspecified atom stereocenters. The number of thiophene rings is 1. The zero-order valence-corrected chi connectivity index (χ0v) is 14.3. The highest BCUT2D eigenvalue weighted by Crippen LogP contribution is 2.18. The number of ether oxygens (including phenoxy) is 3. The molecular weight excluding hydrogens is 330 g/mol. The van der Waals surface area contributed by atoms with Crippen LogP contribution in [0.2, 0.25) is 0 Å². The Kier molecular flexibility index (Phi) is 6.62. The second-order valence-electron chi connectivity index (χ2n) is 4.93. The van der Waals surface area contributed by atoms with Gasteiger partial charge in [-0.3, -0.25) is 4.79 Å². The fourth-order valence-corrected chi connectivity index (χ4v) is 2.63. The molecule has 1 aromatic heterocycles. The standard InChI is InChI=1S/C17H19NO5S/c1-12(15-4-3-9-24-15)18-16(19)10-23-17(20)11-22-14-7-5-13(21-2)6-8-14/h3-9,12H,10-11H2,1-2H3,(H,18,19)/t12-/m0/s1. The van der Waals surface area contributed by atoms with E-state index in [4.69, 9.17) is 14.2 Å². The second-order valence-corrected chi connectivity index (χ2v) is 5.91. The first-order chi connectivity index (χ1) is 11.6. The van der Waals surface area contributed by atoms with Crippen LogP contribution in [0.5, 0.6) is 11.5 Å². The minimum Gasteiger partial charge on any atom is -0.497 e. The van der Waals surface area contributed by atoms with Gasteiger partial charge in [-0.2, -0.15) is 0 Å². The third-order valence-corrected chi connectivity index (χ3v) is 4.18. The zero-order valence-electron chi connectivity index (χ0n) is 13.5. The van der Waals surface area contributed by atoms with Gasteiger partial charge in [-0.05, 0) is 42.6 Å². The Balaban J connectivity index is 1.67. The maximum atomic E-state index is 11.8. The Morgan fingerprint density at radius 1 is 1.12 bits per heavy atom. The van der Waals surface area contributed by atoms with Crippen LogP contribution in [0.4, 0.5) is 0 Å². The van der Waals surface area contributed by atoms with Gasteiger partial charge in [0.25, 0.3) is 5.91 Å². The monoisotopic (exact) mass is 349 g/mol. The minimum absolute atomic E-state index is 0.119. The molecule has 0 bridgehead atoms. The van der Waals surface area contributed by atoms with Gasteiger partial charge >= 0.3 is 5.97 Å². The van der Waals surface area contributed by atoms with Gasteiger partial charge in [0.05, 0.1) is 13.2 Å². The van der Waals surface area contributed by atoms with Gasteiger partial charge in [-0.1, -0.05) is 6.07 Å². The fraction of sp³-hybridized carbons (Fsp3) is 0.294. The van der Waals surface area contributed by atoms with Crippen LogP contribution < -0.4 is 14.8 Å². The van der Waals surface area contributed by atoms with Crippen LogP contribution in [-0.2, 0) is 14.3 Å². The molecule has 7 heteroatoms. The largest absolute Gasteiger partial charge is 0.497 e. The fourth-order valence-electron chi connectivity index (χ4n) is 1.89. The summed E-state index contributed by atoms with van der Waals surface area (Å²) in [6.07, 6.45) is 0. The number of hydrogen-bond donors (Lipinski definition) is 1. The van der Waals surface area contributed by atoms with Crippen molar-refractivity contribution in [2.45, 2.75) is 13.0 Å². The van der Waals surface area contributed by atoms with E-state index in [1.165, 1.54) is 0 Å². The molecule has 0 radical (unpaired) electrons. The lowest BCUT2D eigenvalue weighted by molar-refractivity contribution is -0.150. The highest BCUT2D eigenvalue weighted by Gasteiger charge is 2.12. The molecule has 0 fully saturated rings. The van der Waals surface area contributed by atoms with Crippen molar-refractivity contribution < 1.29 is 23.8 Å². The number of methoxy groups -OCH3 is 1. The summed E-state index contributed by atoms with van der Waals surface area (Å²) in [6, 6.07) is 10.5. The molecule has 0 spiro atoms. The number of nitrogens with one attached hydrogen (secondary N) is 1. The summed E-state index contributed by atoms with van der Waals surface area (Å²) >= 11 is 1.55. The average molecular weight is 349 g/mol. The Hall–Kier alpha value is -2.54.